The number of amides is 1. The molecule has 1 aromatic rings. The number of benzene rings is 1. The van der Waals surface area contributed by atoms with Crippen LogP contribution in [0.15, 0.2) is 30.3 Å². The van der Waals surface area contributed by atoms with Crippen molar-refractivity contribution in [3.63, 3.8) is 0 Å². The number of hydrogen-bond donors (Lipinski definition) is 2. The van der Waals surface area contributed by atoms with Crippen LogP contribution in [-0.2, 0) is 16.0 Å². The van der Waals surface area contributed by atoms with E-state index in [1.54, 1.807) is 0 Å². The fourth-order valence-electron chi connectivity index (χ4n) is 1.64. The van der Waals surface area contributed by atoms with Gasteiger partial charge >= 0.3 is 5.97 Å². The molecule has 0 aliphatic heterocycles. The van der Waals surface area contributed by atoms with Crippen molar-refractivity contribution in [1.29, 1.82) is 0 Å². The Labute approximate surface area is 113 Å². The van der Waals surface area contributed by atoms with Gasteiger partial charge in [0, 0.05) is 19.9 Å². The summed E-state index contributed by atoms with van der Waals surface area (Å²) in [5.74, 6) is -0.795. The molecule has 0 aromatic heterocycles. The molecule has 0 aliphatic rings. The van der Waals surface area contributed by atoms with Gasteiger partial charge < -0.3 is 10.4 Å². The van der Waals surface area contributed by atoms with Gasteiger partial charge in [0.25, 0.3) is 0 Å². The van der Waals surface area contributed by atoms with Crippen molar-refractivity contribution in [2.45, 2.75) is 26.2 Å². The number of carboxylic acid groups (broad SMARTS) is 1. The predicted molar refractivity (Wildman–Crippen MR) is 74.7 cm³/mol. The van der Waals surface area contributed by atoms with E-state index in [0.717, 1.165) is 17.5 Å². The Morgan fingerprint density at radius 3 is 2.53 bits per heavy atom. The Hall–Kier alpha value is -2.10. The molecular formula is C15H19NO3. The van der Waals surface area contributed by atoms with Gasteiger partial charge in [-0.3, -0.25) is 9.59 Å². The second-order valence-corrected chi connectivity index (χ2v) is 4.33. The van der Waals surface area contributed by atoms with Crippen LogP contribution in [0.4, 0.5) is 0 Å². The van der Waals surface area contributed by atoms with Gasteiger partial charge in [0.1, 0.15) is 0 Å². The highest BCUT2D eigenvalue weighted by Crippen LogP contribution is 2.09. The zero-order valence-electron chi connectivity index (χ0n) is 11.1. The lowest BCUT2D eigenvalue weighted by Gasteiger charge is -2.01. The first kappa shape index (κ1) is 15.0. The number of rotatable bonds is 7. The summed E-state index contributed by atoms with van der Waals surface area (Å²) in [5, 5.41) is 11.2. The van der Waals surface area contributed by atoms with E-state index in [2.05, 4.69) is 5.32 Å². The molecule has 4 nitrogen and oxygen atoms in total. The van der Waals surface area contributed by atoms with Crippen molar-refractivity contribution in [1.82, 2.24) is 5.32 Å². The van der Waals surface area contributed by atoms with Crippen molar-refractivity contribution >= 4 is 18.0 Å². The lowest BCUT2D eigenvalue weighted by molar-refractivity contribution is -0.137. The van der Waals surface area contributed by atoms with Crippen LogP contribution in [0.25, 0.3) is 6.08 Å². The zero-order valence-corrected chi connectivity index (χ0v) is 11.1. The molecule has 1 aromatic carbocycles. The zero-order chi connectivity index (χ0) is 14.1. The van der Waals surface area contributed by atoms with Gasteiger partial charge in [0.15, 0.2) is 0 Å². The van der Waals surface area contributed by atoms with Crippen molar-refractivity contribution < 1.29 is 14.7 Å². The molecule has 19 heavy (non-hydrogen) atoms. The number of aryl methyl sites for hydroxylation is 1. The Kier molecular flexibility index (Phi) is 6.36. The van der Waals surface area contributed by atoms with E-state index in [1.807, 2.05) is 36.4 Å². The molecule has 102 valence electrons. The van der Waals surface area contributed by atoms with Crippen LogP contribution in [-0.4, -0.2) is 23.5 Å². The van der Waals surface area contributed by atoms with E-state index in [4.69, 9.17) is 5.11 Å². The van der Waals surface area contributed by atoms with Crippen molar-refractivity contribution in [2.75, 3.05) is 6.54 Å². The van der Waals surface area contributed by atoms with Crippen LogP contribution >= 0.6 is 0 Å². The molecule has 0 fully saturated rings. The van der Waals surface area contributed by atoms with Gasteiger partial charge in [-0.15, -0.1) is 0 Å². The van der Waals surface area contributed by atoms with Crippen LogP contribution in [0.1, 0.15) is 30.9 Å². The molecule has 0 bridgehead atoms. The third-order valence-corrected chi connectivity index (χ3v) is 2.61. The largest absolute Gasteiger partial charge is 0.481 e. The Morgan fingerprint density at radius 2 is 1.95 bits per heavy atom. The minimum Gasteiger partial charge on any atom is -0.481 e. The van der Waals surface area contributed by atoms with Gasteiger partial charge in [-0.1, -0.05) is 36.4 Å². The first-order chi connectivity index (χ1) is 9.08. The standard InChI is InChI=1S/C15H19NO3/c1-12(17)16-11-3-5-14-9-7-13(8-10-14)4-2-6-15(18)19/h3,5,7-10H,2,4,6,11H2,1H3,(H,16,17)(H,18,19). The van der Waals surface area contributed by atoms with E-state index in [-0.39, 0.29) is 12.3 Å². The molecule has 0 atom stereocenters. The first-order valence-corrected chi connectivity index (χ1v) is 6.29. The molecule has 4 heteroatoms. The van der Waals surface area contributed by atoms with Crippen molar-refractivity contribution in [3.8, 4) is 0 Å². The van der Waals surface area contributed by atoms with Gasteiger partial charge in [0.05, 0.1) is 0 Å². The third-order valence-electron chi connectivity index (χ3n) is 2.61. The number of carbonyl (C=O) groups excluding carboxylic acids is 1. The van der Waals surface area contributed by atoms with Gasteiger partial charge in [-0.05, 0) is 24.0 Å². The van der Waals surface area contributed by atoms with E-state index >= 15 is 0 Å². The van der Waals surface area contributed by atoms with Crippen LogP contribution in [0.2, 0.25) is 0 Å². The lowest BCUT2D eigenvalue weighted by atomic mass is 10.1. The molecule has 0 aliphatic carbocycles. The van der Waals surface area contributed by atoms with Crippen LogP contribution in [0.3, 0.4) is 0 Å². The van der Waals surface area contributed by atoms with E-state index < -0.39 is 5.97 Å². The number of aliphatic carboxylic acids is 1. The van der Waals surface area contributed by atoms with Crippen LogP contribution < -0.4 is 5.32 Å². The topological polar surface area (TPSA) is 66.4 Å². The van der Waals surface area contributed by atoms with Crippen LogP contribution in [0.5, 0.6) is 0 Å². The normalized spacial score (nSPS) is 10.6. The highest BCUT2D eigenvalue weighted by atomic mass is 16.4. The summed E-state index contributed by atoms with van der Waals surface area (Å²) in [6.45, 7) is 2.01. The average molecular weight is 261 g/mol. The second-order valence-electron chi connectivity index (χ2n) is 4.33. The summed E-state index contributed by atoms with van der Waals surface area (Å²) in [6, 6.07) is 7.97. The minimum absolute atomic E-state index is 0.0431. The Balaban J connectivity index is 2.38. The molecule has 0 radical (unpaired) electrons. The van der Waals surface area contributed by atoms with Gasteiger partial charge in [-0.25, -0.2) is 0 Å². The van der Waals surface area contributed by atoms with Crippen LogP contribution in [0, 0.1) is 0 Å². The molecule has 0 saturated carbocycles. The fourth-order valence-corrected chi connectivity index (χ4v) is 1.64. The maximum atomic E-state index is 10.7. The van der Waals surface area contributed by atoms with Crippen molar-refractivity contribution in [2.24, 2.45) is 0 Å². The maximum absolute atomic E-state index is 10.7. The Morgan fingerprint density at radius 1 is 1.26 bits per heavy atom. The summed E-state index contributed by atoms with van der Waals surface area (Å²) in [6.07, 6.45) is 5.48. The lowest BCUT2D eigenvalue weighted by Crippen LogP contribution is -2.19. The minimum atomic E-state index is -0.752. The van der Waals surface area contributed by atoms with E-state index in [1.165, 1.54) is 6.92 Å². The molecule has 0 spiro atoms. The molecule has 0 unspecified atom stereocenters. The first-order valence-electron chi connectivity index (χ1n) is 6.29. The maximum Gasteiger partial charge on any atom is 0.303 e. The van der Waals surface area contributed by atoms with Gasteiger partial charge in [-0.2, -0.15) is 0 Å². The number of carboxylic acids is 1. The molecule has 2 N–H and O–H groups in total. The molecule has 1 amide bonds. The number of hydrogen-bond acceptors (Lipinski definition) is 2. The summed E-state index contributed by atoms with van der Waals surface area (Å²) < 4.78 is 0. The molecule has 0 saturated heterocycles. The fraction of sp³-hybridized carbons (Fsp3) is 0.333. The smallest absolute Gasteiger partial charge is 0.303 e. The molecule has 1 rings (SSSR count). The summed E-state index contributed by atoms with van der Waals surface area (Å²) >= 11 is 0. The average Bonchev–Trinajstić information content (AvgIpc) is 2.36. The monoisotopic (exact) mass is 261 g/mol. The second kappa shape index (κ2) is 8.08. The quantitative estimate of drug-likeness (QED) is 0.791. The number of carbonyl (C=O) groups is 2. The highest BCUT2D eigenvalue weighted by molar-refractivity contribution is 5.73. The Bertz CT molecular complexity index is 449. The SMILES string of the molecule is CC(=O)NCC=Cc1ccc(CCCC(=O)O)cc1. The third kappa shape index (κ3) is 7.03. The summed E-state index contributed by atoms with van der Waals surface area (Å²) in [4.78, 5) is 21.1. The van der Waals surface area contributed by atoms with E-state index in [0.29, 0.717) is 13.0 Å². The number of nitrogens with one attached hydrogen (secondary N) is 1. The van der Waals surface area contributed by atoms with Crippen molar-refractivity contribution in [3.05, 3.63) is 41.5 Å². The molecule has 0 heterocycles. The highest BCUT2D eigenvalue weighted by Gasteiger charge is 1.98. The van der Waals surface area contributed by atoms with Gasteiger partial charge in [0.2, 0.25) is 5.91 Å². The van der Waals surface area contributed by atoms with E-state index in [9.17, 15) is 9.59 Å². The molecular weight excluding hydrogens is 242 g/mol. The summed E-state index contributed by atoms with van der Waals surface area (Å²) in [7, 11) is 0. The predicted octanol–water partition coefficient (Wildman–Crippen LogP) is 2.24. The summed E-state index contributed by atoms with van der Waals surface area (Å²) in [5.41, 5.74) is 2.20.